The Morgan fingerprint density at radius 2 is 1.67 bits per heavy atom. The predicted octanol–water partition coefficient (Wildman–Crippen LogP) is 5.43. The van der Waals surface area contributed by atoms with Gasteiger partial charge in [-0.2, -0.15) is 0 Å². The topological polar surface area (TPSA) is 35.5 Å². The molecule has 3 nitrogen and oxygen atoms in total. The number of ether oxygens (including phenoxy) is 2. The average molecular weight is 337 g/mol. The van der Waals surface area contributed by atoms with Crippen LogP contribution in [0.15, 0.2) is 12.2 Å². The summed E-state index contributed by atoms with van der Waals surface area (Å²) in [6.07, 6.45) is 19.0. The van der Waals surface area contributed by atoms with Gasteiger partial charge in [0.1, 0.15) is 0 Å². The molecule has 0 aromatic rings. The van der Waals surface area contributed by atoms with E-state index in [0.29, 0.717) is 24.5 Å². The van der Waals surface area contributed by atoms with Crippen molar-refractivity contribution in [1.29, 1.82) is 0 Å². The number of carbonyl (C=O) groups is 1. The van der Waals surface area contributed by atoms with Crippen LogP contribution in [0.3, 0.4) is 0 Å². The maximum atomic E-state index is 11.6. The van der Waals surface area contributed by atoms with Crippen molar-refractivity contribution in [2.24, 2.45) is 11.8 Å². The van der Waals surface area contributed by atoms with Crippen molar-refractivity contribution in [2.45, 2.75) is 90.1 Å². The Hall–Kier alpha value is -0.830. The standard InChI is InChI=1S/C21H36O3/c1-2-3-4-5-6-7-16-23-20-13-10-18(11-14-20)12-15-21(22)24-17-19-8-9-19/h12,15,18-20H,2-11,13-14,16-17H2,1H3. The third-order valence-corrected chi connectivity index (χ3v) is 5.23. The molecule has 2 aliphatic carbocycles. The highest BCUT2D eigenvalue weighted by Crippen LogP contribution is 2.29. The van der Waals surface area contributed by atoms with E-state index < -0.39 is 0 Å². The third-order valence-electron chi connectivity index (χ3n) is 5.23. The van der Waals surface area contributed by atoms with E-state index in [1.807, 2.05) is 0 Å². The minimum absolute atomic E-state index is 0.164. The highest BCUT2D eigenvalue weighted by atomic mass is 16.5. The van der Waals surface area contributed by atoms with E-state index in [-0.39, 0.29) is 5.97 Å². The Bertz CT molecular complexity index is 365. The molecule has 0 bridgehead atoms. The van der Waals surface area contributed by atoms with Crippen LogP contribution in [0.2, 0.25) is 0 Å². The maximum absolute atomic E-state index is 11.6. The highest BCUT2D eigenvalue weighted by molar-refractivity contribution is 5.81. The first kappa shape index (κ1) is 19.5. The number of allylic oxidation sites excluding steroid dienone is 1. The van der Waals surface area contributed by atoms with Crippen molar-refractivity contribution in [1.82, 2.24) is 0 Å². The molecule has 3 heteroatoms. The molecule has 0 unspecified atom stereocenters. The Kier molecular flexibility index (Phi) is 9.48. The van der Waals surface area contributed by atoms with Crippen LogP contribution in [0, 0.1) is 11.8 Å². The number of esters is 1. The second-order valence-electron chi connectivity index (χ2n) is 7.61. The van der Waals surface area contributed by atoms with Gasteiger partial charge in [-0.05, 0) is 56.8 Å². The first-order valence-corrected chi connectivity index (χ1v) is 10.2. The zero-order valence-electron chi connectivity index (χ0n) is 15.5. The molecule has 0 heterocycles. The van der Waals surface area contributed by atoms with Gasteiger partial charge in [-0.3, -0.25) is 0 Å². The average Bonchev–Trinajstić information content (AvgIpc) is 3.43. The second kappa shape index (κ2) is 11.7. The van der Waals surface area contributed by atoms with Gasteiger partial charge in [-0.25, -0.2) is 4.79 Å². The van der Waals surface area contributed by atoms with Crippen LogP contribution in [0.4, 0.5) is 0 Å². The largest absolute Gasteiger partial charge is 0.462 e. The number of hydrogen-bond donors (Lipinski definition) is 0. The molecule has 2 aliphatic rings. The molecule has 2 fully saturated rings. The number of hydrogen-bond acceptors (Lipinski definition) is 3. The zero-order chi connectivity index (χ0) is 17.0. The van der Waals surface area contributed by atoms with Crippen molar-refractivity contribution in [3.05, 3.63) is 12.2 Å². The summed E-state index contributed by atoms with van der Waals surface area (Å²) < 4.78 is 11.2. The molecule has 0 N–H and O–H groups in total. The molecule has 0 aliphatic heterocycles. The second-order valence-corrected chi connectivity index (χ2v) is 7.61. The summed E-state index contributed by atoms with van der Waals surface area (Å²) in [5, 5.41) is 0. The third kappa shape index (κ3) is 8.86. The van der Waals surface area contributed by atoms with E-state index in [1.165, 1.54) is 51.4 Å². The molecule has 2 saturated carbocycles. The molecule has 0 radical (unpaired) electrons. The first-order valence-electron chi connectivity index (χ1n) is 10.2. The SMILES string of the molecule is CCCCCCCCOC1CCC(C=CC(=O)OCC2CC2)CC1. The van der Waals surface area contributed by atoms with E-state index in [0.717, 1.165) is 32.3 Å². The number of rotatable bonds is 12. The minimum Gasteiger partial charge on any atom is -0.462 e. The van der Waals surface area contributed by atoms with Crippen LogP contribution in [0.1, 0.15) is 84.0 Å². The van der Waals surface area contributed by atoms with E-state index in [9.17, 15) is 4.79 Å². The summed E-state index contributed by atoms with van der Waals surface area (Å²) >= 11 is 0. The van der Waals surface area contributed by atoms with Crippen molar-refractivity contribution in [3.8, 4) is 0 Å². The van der Waals surface area contributed by atoms with Gasteiger partial charge in [-0.15, -0.1) is 0 Å². The molecule has 0 aromatic carbocycles. The first-order chi connectivity index (χ1) is 11.8. The van der Waals surface area contributed by atoms with Crippen LogP contribution in [0.5, 0.6) is 0 Å². The Morgan fingerprint density at radius 1 is 0.958 bits per heavy atom. The van der Waals surface area contributed by atoms with E-state index in [2.05, 4.69) is 13.0 Å². The molecule has 0 amide bonds. The predicted molar refractivity (Wildman–Crippen MR) is 97.9 cm³/mol. The lowest BCUT2D eigenvalue weighted by molar-refractivity contribution is -0.138. The molecule has 24 heavy (non-hydrogen) atoms. The van der Waals surface area contributed by atoms with Crippen molar-refractivity contribution >= 4 is 5.97 Å². The molecular formula is C21H36O3. The zero-order valence-corrected chi connectivity index (χ0v) is 15.5. The van der Waals surface area contributed by atoms with E-state index >= 15 is 0 Å². The Balaban J connectivity index is 1.46. The minimum atomic E-state index is -0.164. The van der Waals surface area contributed by atoms with Crippen molar-refractivity contribution in [3.63, 3.8) is 0 Å². The van der Waals surface area contributed by atoms with E-state index in [1.54, 1.807) is 6.08 Å². The fourth-order valence-corrected chi connectivity index (χ4v) is 3.33. The molecule has 0 aromatic heterocycles. The van der Waals surface area contributed by atoms with Gasteiger partial charge in [-0.1, -0.05) is 45.1 Å². The fraction of sp³-hybridized carbons (Fsp3) is 0.857. The molecule has 2 rings (SSSR count). The van der Waals surface area contributed by atoms with Crippen LogP contribution in [-0.4, -0.2) is 25.3 Å². The molecule has 0 saturated heterocycles. The Labute approximate surface area is 148 Å². The maximum Gasteiger partial charge on any atom is 0.330 e. The lowest BCUT2D eigenvalue weighted by Gasteiger charge is -2.26. The van der Waals surface area contributed by atoms with Gasteiger partial charge in [0.15, 0.2) is 0 Å². The smallest absolute Gasteiger partial charge is 0.330 e. The van der Waals surface area contributed by atoms with Gasteiger partial charge in [0, 0.05) is 12.7 Å². The summed E-state index contributed by atoms with van der Waals surface area (Å²) in [5.74, 6) is 0.997. The molecule has 138 valence electrons. The lowest BCUT2D eigenvalue weighted by Crippen LogP contribution is -2.21. The van der Waals surface area contributed by atoms with Gasteiger partial charge in [0.05, 0.1) is 12.7 Å². The van der Waals surface area contributed by atoms with Crippen LogP contribution < -0.4 is 0 Å². The van der Waals surface area contributed by atoms with Crippen LogP contribution in [-0.2, 0) is 14.3 Å². The summed E-state index contributed by atoms with van der Waals surface area (Å²) in [7, 11) is 0. The van der Waals surface area contributed by atoms with Crippen LogP contribution >= 0.6 is 0 Å². The lowest BCUT2D eigenvalue weighted by atomic mass is 9.87. The summed E-state index contributed by atoms with van der Waals surface area (Å²) in [6, 6.07) is 0. The number of carbonyl (C=O) groups excluding carboxylic acids is 1. The van der Waals surface area contributed by atoms with Crippen molar-refractivity contribution < 1.29 is 14.3 Å². The number of unbranched alkanes of at least 4 members (excludes halogenated alkanes) is 5. The van der Waals surface area contributed by atoms with E-state index in [4.69, 9.17) is 9.47 Å². The molecular weight excluding hydrogens is 300 g/mol. The highest BCUT2D eigenvalue weighted by Gasteiger charge is 2.23. The fourth-order valence-electron chi connectivity index (χ4n) is 3.33. The summed E-state index contributed by atoms with van der Waals surface area (Å²) in [5.41, 5.74) is 0. The van der Waals surface area contributed by atoms with Gasteiger partial charge >= 0.3 is 5.97 Å². The van der Waals surface area contributed by atoms with Crippen LogP contribution in [0.25, 0.3) is 0 Å². The van der Waals surface area contributed by atoms with Gasteiger partial charge in [0.25, 0.3) is 0 Å². The van der Waals surface area contributed by atoms with Gasteiger partial charge in [0.2, 0.25) is 0 Å². The summed E-state index contributed by atoms with van der Waals surface area (Å²) in [6.45, 7) is 3.79. The summed E-state index contributed by atoms with van der Waals surface area (Å²) in [4.78, 5) is 11.6. The Morgan fingerprint density at radius 3 is 2.38 bits per heavy atom. The van der Waals surface area contributed by atoms with Gasteiger partial charge < -0.3 is 9.47 Å². The monoisotopic (exact) mass is 336 g/mol. The normalized spacial score (nSPS) is 24.4. The molecule has 0 atom stereocenters. The quantitative estimate of drug-likeness (QED) is 0.271. The van der Waals surface area contributed by atoms with Crippen molar-refractivity contribution in [2.75, 3.05) is 13.2 Å². The molecule has 0 spiro atoms.